The standard InChI is InChI=1S/C15H24N2/c1-15(2,16-3)14-10-7-11-17(14)12-13-8-5-4-6-9-13/h4-6,8-9,14,16H,7,10-12H2,1-3H3. The van der Waals surface area contributed by atoms with E-state index in [0.29, 0.717) is 6.04 Å². The van der Waals surface area contributed by atoms with Gasteiger partial charge >= 0.3 is 0 Å². The molecule has 94 valence electrons. The number of hydrogen-bond acceptors (Lipinski definition) is 2. The predicted molar refractivity (Wildman–Crippen MR) is 73.0 cm³/mol. The molecule has 1 fully saturated rings. The van der Waals surface area contributed by atoms with Crippen LogP contribution in [0.3, 0.4) is 0 Å². The van der Waals surface area contributed by atoms with E-state index in [-0.39, 0.29) is 5.54 Å². The fourth-order valence-corrected chi connectivity index (χ4v) is 2.82. The molecule has 0 amide bonds. The van der Waals surface area contributed by atoms with Crippen LogP contribution in [0.2, 0.25) is 0 Å². The van der Waals surface area contributed by atoms with Crippen molar-refractivity contribution in [2.45, 2.75) is 44.8 Å². The summed E-state index contributed by atoms with van der Waals surface area (Å²) in [6.07, 6.45) is 2.63. The Kier molecular flexibility index (Phi) is 3.85. The Labute approximate surface area is 105 Å². The van der Waals surface area contributed by atoms with Gasteiger partial charge < -0.3 is 5.32 Å². The summed E-state index contributed by atoms with van der Waals surface area (Å²) in [5.74, 6) is 0. The molecule has 0 radical (unpaired) electrons. The lowest BCUT2D eigenvalue weighted by Crippen LogP contribution is -2.53. The summed E-state index contributed by atoms with van der Waals surface area (Å²) in [4.78, 5) is 2.62. The van der Waals surface area contributed by atoms with Gasteiger partial charge in [0.2, 0.25) is 0 Å². The second kappa shape index (κ2) is 5.19. The fourth-order valence-electron chi connectivity index (χ4n) is 2.82. The van der Waals surface area contributed by atoms with Crippen LogP contribution in [0, 0.1) is 0 Å². The molecule has 1 unspecified atom stereocenters. The summed E-state index contributed by atoms with van der Waals surface area (Å²) in [6, 6.07) is 11.4. The van der Waals surface area contributed by atoms with E-state index < -0.39 is 0 Å². The molecule has 1 N–H and O–H groups in total. The maximum Gasteiger partial charge on any atom is 0.0277 e. The highest BCUT2D eigenvalue weighted by atomic mass is 15.2. The van der Waals surface area contributed by atoms with Crippen LogP contribution in [0.1, 0.15) is 32.3 Å². The first-order valence-corrected chi connectivity index (χ1v) is 6.60. The van der Waals surface area contributed by atoms with E-state index in [9.17, 15) is 0 Å². The number of rotatable bonds is 4. The predicted octanol–water partition coefficient (Wildman–Crippen LogP) is 2.65. The van der Waals surface area contributed by atoms with E-state index in [1.165, 1.54) is 24.9 Å². The number of nitrogens with zero attached hydrogens (tertiary/aromatic N) is 1. The van der Waals surface area contributed by atoms with Crippen molar-refractivity contribution in [2.24, 2.45) is 0 Å². The zero-order valence-electron chi connectivity index (χ0n) is 11.2. The third kappa shape index (κ3) is 2.88. The minimum atomic E-state index is 0.200. The summed E-state index contributed by atoms with van der Waals surface area (Å²) in [5.41, 5.74) is 1.62. The summed E-state index contributed by atoms with van der Waals surface area (Å²) >= 11 is 0. The van der Waals surface area contributed by atoms with Gasteiger partial charge in [-0.25, -0.2) is 0 Å². The van der Waals surface area contributed by atoms with Gasteiger partial charge in [-0.3, -0.25) is 4.90 Å². The summed E-state index contributed by atoms with van der Waals surface area (Å²) < 4.78 is 0. The first-order chi connectivity index (χ1) is 8.13. The van der Waals surface area contributed by atoms with Crippen molar-refractivity contribution in [3.8, 4) is 0 Å². The van der Waals surface area contributed by atoms with Crippen LogP contribution in [0.4, 0.5) is 0 Å². The second-order valence-electron chi connectivity index (χ2n) is 5.59. The summed E-state index contributed by atoms with van der Waals surface area (Å²) in [7, 11) is 2.07. The highest BCUT2D eigenvalue weighted by Crippen LogP contribution is 2.27. The molecule has 2 heteroatoms. The van der Waals surface area contributed by atoms with Crippen molar-refractivity contribution >= 4 is 0 Å². The van der Waals surface area contributed by atoms with Gasteiger partial charge in [-0.1, -0.05) is 30.3 Å². The van der Waals surface area contributed by atoms with Gasteiger partial charge in [-0.05, 0) is 45.8 Å². The first kappa shape index (κ1) is 12.6. The van der Waals surface area contributed by atoms with Crippen LogP contribution in [0.25, 0.3) is 0 Å². The number of likely N-dealkylation sites (tertiary alicyclic amines) is 1. The molecular weight excluding hydrogens is 208 g/mol. The highest BCUT2D eigenvalue weighted by molar-refractivity contribution is 5.15. The van der Waals surface area contributed by atoms with E-state index in [4.69, 9.17) is 0 Å². The molecule has 1 atom stereocenters. The Morgan fingerprint density at radius 2 is 2.00 bits per heavy atom. The van der Waals surface area contributed by atoms with Crippen LogP contribution in [0.15, 0.2) is 30.3 Å². The molecule has 0 aromatic heterocycles. The second-order valence-corrected chi connectivity index (χ2v) is 5.59. The zero-order chi connectivity index (χ0) is 12.3. The lowest BCUT2D eigenvalue weighted by molar-refractivity contribution is 0.155. The lowest BCUT2D eigenvalue weighted by atomic mass is 9.92. The number of likely N-dealkylation sites (N-methyl/N-ethyl adjacent to an activating group) is 1. The average Bonchev–Trinajstić information content (AvgIpc) is 2.79. The van der Waals surface area contributed by atoms with E-state index in [0.717, 1.165) is 6.54 Å². The van der Waals surface area contributed by atoms with Crippen molar-refractivity contribution in [3.63, 3.8) is 0 Å². The Balaban J connectivity index is 2.06. The van der Waals surface area contributed by atoms with Crippen molar-refractivity contribution in [3.05, 3.63) is 35.9 Å². The monoisotopic (exact) mass is 232 g/mol. The van der Waals surface area contributed by atoms with E-state index in [2.05, 4.69) is 61.4 Å². The number of hydrogen-bond donors (Lipinski definition) is 1. The number of benzene rings is 1. The van der Waals surface area contributed by atoms with Gasteiger partial charge in [-0.15, -0.1) is 0 Å². The molecule has 1 heterocycles. The third-order valence-electron chi connectivity index (χ3n) is 4.07. The van der Waals surface area contributed by atoms with Crippen molar-refractivity contribution in [2.75, 3.05) is 13.6 Å². The molecule has 0 spiro atoms. The van der Waals surface area contributed by atoms with Crippen LogP contribution in [-0.2, 0) is 6.54 Å². The maximum atomic E-state index is 3.46. The van der Waals surface area contributed by atoms with Gasteiger partial charge in [0.1, 0.15) is 0 Å². The van der Waals surface area contributed by atoms with E-state index >= 15 is 0 Å². The molecule has 1 aliphatic heterocycles. The molecule has 1 aromatic rings. The Hall–Kier alpha value is -0.860. The smallest absolute Gasteiger partial charge is 0.0277 e. The molecule has 2 nitrogen and oxygen atoms in total. The topological polar surface area (TPSA) is 15.3 Å². The van der Waals surface area contributed by atoms with E-state index in [1.807, 2.05) is 0 Å². The molecule has 0 aliphatic carbocycles. The van der Waals surface area contributed by atoms with Crippen molar-refractivity contribution < 1.29 is 0 Å². The molecule has 1 saturated heterocycles. The van der Waals surface area contributed by atoms with Crippen LogP contribution >= 0.6 is 0 Å². The van der Waals surface area contributed by atoms with E-state index in [1.54, 1.807) is 0 Å². The summed E-state index contributed by atoms with van der Waals surface area (Å²) in [6.45, 7) is 6.92. The molecule has 1 aromatic carbocycles. The quantitative estimate of drug-likeness (QED) is 0.858. The first-order valence-electron chi connectivity index (χ1n) is 6.60. The zero-order valence-corrected chi connectivity index (χ0v) is 11.2. The van der Waals surface area contributed by atoms with Crippen LogP contribution in [0.5, 0.6) is 0 Å². The SMILES string of the molecule is CNC(C)(C)C1CCCN1Cc1ccccc1. The largest absolute Gasteiger partial charge is 0.313 e. The molecule has 2 rings (SSSR count). The molecule has 0 saturated carbocycles. The van der Waals surface area contributed by atoms with Crippen LogP contribution < -0.4 is 5.32 Å². The molecule has 1 aliphatic rings. The highest BCUT2D eigenvalue weighted by Gasteiger charge is 2.35. The third-order valence-corrected chi connectivity index (χ3v) is 4.07. The molecular formula is C15H24N2. The normalized spacial score (nSPS) is 21.9. The van der Waals surface area contributed by atoms with Gasteiger partial charge in [0.15, 0.2) is 0 Å². The minimum Gasteiger partial charge on any atom is -0.313 e. The molecule has 17 heavy (non-hydrogen) atoms. The van der Waals surface area contributed by atoms with Gasteiger partial charge in [0.25, 0.3) is 0 Å². The molecule has 0 bridgehead atoms. The maximum absolute atomic E-state index is 3.46. The minimum absolute atomic E-state index is 0.200. The number of nitrogens with one attached hydrogen (secondary N) is 1. The van der Waals surface area contributed by atoms with Crippen LogP contribution in [-0.4, -0.2) is 30.1 Å². The van der Waals surface area contributed by atoms with Crippen molar-refractivity contribution in [1.82, 2.24) is 10.2 Å². The lowest BCUT2D eigenvalue weighted by Gasteiger charge is -2.37. The van der Waals surface area contributed by atoms with Crippen molar-refractivity contribution in [1.29, 1.82) is 0 Å². The average molecular weight is 232 g/mol. The summed E-state index contributed by atoms with van der Waals surface area (Å²) in [5, 5.41) is 3.46. The Bertz CT molecular complexity index is 345. The van der Waals surface area contributed by atoms with Gasteiger partial charge in [0, 0.05) is 18.1 Å². The Morgan fingerprint density at radius 3 is 2.65 bits per heavy atom. The fraction of sp³-hybridized carbons (Fsp3) is 0.600. The Morgan fingerprint density at radius 1 is 1.29 bits per heavy atom. The van der Waals surface area contributed by atoms with Gasteiger partial charge in [0.05, 0.1) is 0 Å². The van der Waals surface area contributed by atoms with Gasteiger partial charge in [-0.2, -0.15) is 0 Å².